The second kappa shape index (κ2) is 8.10. The summed E-state index contributed by atoms with van der Waals surface area (Å²) < 4.78 is 7.43. The van der Waals surface area contributed by atoms with Crippen molar-refractivity contribution in [3.63, 3.8) is 0 Å². The highest BCUT2D eigenvalue weighted by Crippen LogP contribution is 2.31. The van der Waals surface area contributed by atoms with Crippen molar-refractivity contribution in [3.8, 4) is 17.6 Å². The fourth-order valence-corrected chi connectivity index (χ4v) is 3.00. The fourth-order valence-electron chi connectivity index (χ4n) is 3.00. The smallest absolute Gasteiger partial charge is 0.226 e. The molecule has 0 bridgehead atoms. The highest BCUT2D eigenvalue weighted by atomic mass is 16.5. The lowest BCUT2D eigenvalue weighted by Crippen LogP contribution is -2.17. The van der Waals surface area contributed by atoms with Crippen LogP contribution in [0.5, 0.6) is 5.75 Å². The van der Waals surface area contributed by atoms with Gasteiger partial charge in [0.25, 0.3) is 0 Å². The van der Waals surface area contributed by atoms with E-state index in [9.17, 15) is 4.79 Å². The Morgan fingerprint density at radius 2 is 1.89 bits per heavy atom. The van der Waals surface area contributed by atoms with Crippen LogP contribution in [0.4, 0.5) is 11.4 Å². The monoisotopic (exact) mass is 375 g/mol. The topological polar surface area (TPSA) is 69.3 Å². The lowest BCUT2D eigenvalue weighted by Gasteiger charge is -2.07. The van der Waals surface area contributed by atoms with E-state index in [0.717, 1.165) is 40.1 Å². The molecular formula is C23H25N3O2. The number of aryl methyl sites for hydroxylation is 1. The lowest BCUT2D eigenvalue weighted by atomic mass is 10.1. The van der Waals surface area contributed by atoms with Gasteiger partial charge in [-0.3, -0.25) is 4.79 Å². The Morgan fingerprint density at radius 1 is 1.18 bits per heavy atom. The first-order valence-corrected chi connectivity index (χ1v) is 9.33. The van der Waals surface area contributed by atoms with E-state index in [1.165, 1.54) is 0 Å². The largest absolute Gasteiger partial charge is 0.497 e. The molecule has 28 heavy (non-hydrogen) atoms. The van der Waals surface area contributed by atoms with Gasteiger partial charge in [-0.2, -0.15) is 0 Å². The molecular weight excluding hydrogens is 350 g/mol. The van der Waals surface area contributed by atoms with E-state index in [4.69, 9.17) is 10.5 Å². The molecule has 0 saturated heterocycles. The van der Waals surface area contributed by atoms with Crippen LogP contribution < -0.4 is 15.8 Å². The molecule has 0 radical (unpaired) electrons. The van der Waals surface area contributed by atoms with Crippen LogP contribution in [0.1, 0.15) is 32.0 Å². The number of nitrogens with two attached hydrogens (primary N) is 1. The summed E-state index contributed by atoms with van der Waals surface area (Å²) in [5.41, 5.74) is 10.5. The molecule has 3 aromatic rings. The number of carbonyl (C=O) groups is 1. The average Bonchev–Trinajstić information content (AvgIpc) is 2.97. The molecule has 0 saturated carbocycles. The first kappa shape index (κ1) is 19.4. The maximum Gasteiger partial charge on any atom is 0.226 e. The SMILES string of the molecule is CCn1c(C#Cc2ccc(NC(=O)C(C)C)cc2)c(N)c2ccc(OC)cc21. The molecule has 3 rings (SSSR count). The van der Waals surface area contributed by atoms with Gasteiger partial charge in [-0.1, -0.05) is 19.8 Å². The van der Waals surface area contributed by atoms with Crippen LogP contribution in [0.15, 0.2) is 42.5 Å². The van der Waals surface area contributed by atoms with E-state index < -0.39 is 0 Å². The van der Waals surface area contributed by atoms with Crippen LogP contribution in [0, 0.1) is 17.8 Å². The normalized spacial score (nSPS) is 10.6. The molecule has 5 heteroatoms. The molecule has 3 N–H and O–H groups in total. The predicted octanol–water partition coefficient (Wildman–Crippen LogP) is 4.25. The number of nitrogens with one attached hydrogen (secondary N) is 1. The van der Waals surface area contributed by atoms with E-state index in [1.54, 1.807) is 7.11 Å². The number of nitrogens with zero attached hydrogens (tertiary/aromatic N) is 1. The molecule has 0 atom stereocenters. The third-order valence-electron chi connectivity index (χ3n) is 4.63. The Bertz CT molecular complexity index is 1070. The van der Waals surface area contributed by atoms with Crippen molar-refractivity contribution >= 4 is 28.2 Å². The number of methoxy groups -OCH3 is 1. The van der Waals surface area contributed by atoms with Crippen LogP contribution in [0.2, 0.25) is 0 Å². The zero-order valence-corrected chi connectivity index (χ0v) is 16.7. The quantitative estimate of drug-likeness (QED) is 0.670. The van der Waals surface area contributed by atoms with Crippen molar-refractivity contribution in [2.45, 2.75) is 27.3 Å². The maximum absolute atomic E-state index is 11.8. The van der Waals surface area contributed by atoms with Gasteiger partial charge in [-0.05, 0) is 49.2 Å². The number of amides is 1. The van der Waals surface area contributed by atoms with Gasteiger partial charge in [0, 0.05) is 35.2 Å². The summed E-state index contributed by atoms with van der Waals surface area (Å²) in [7, 11) is 1.65. The Morgan fingerprint density at radius 3 is 2.50 bits per heavy atom. The Labute approximate surface area is 165 Å². The van der Waals surface area contributed by atoms with Crippen molar-refractivity contribution in [2.24, 2.45) is 5.92 Å². The van der Waals surface area contributed by atoms with Gasteiger partial charge in [0.2, 0.25) is 5.91 Å². The van der Waals surface area contributed by atoms with Crippen molar-refractivity contribution < 1.29 is 9.53 Å². The van der Waals surface area contributed by atoms with Crippen LogP contribution in [0.25, 0.3) is 10.9 Å². The van der Waals surface area contributed by atoms with E-state index in [-0.39, 0.29) is 11.8 Å². The molecule has 0 unspecified atom stereocenters. The zero-order chi connectivity index (χ0) is 20.3. The summed E-state index contributed by atoms with van der Waals surface area (Å²) >= 11 is 0. The van der Waals surface area contributed by atoms with Crippen LogP contribution >= 0.6 is 0 Å². The van der Waals surface area contributed by atoms with Crippen LogP contribution in [-0.2, 0) is 11.3 Å². The van der Waals surface area contributed by atoms with Crippen molar-refractivity contribution in [1.29, 1.82) is 0 Å². The number of fused-ring (bicyclic) bond motifs is 1. The van der Waals surface area contributed by atoms with E-state index in [1.807, 2.05) is 56.3 Å². The Kier molecular flexibility index (Phi) is 5.60. The molecule has 1 aromatic heterocycles. The number of carbonyl (C=O) groups excluding carboxylic acids is 1. The maximum atomic E-state index is 11.8. The molecule has 0 aliphatic carbocycles. The van der Waals surface area contributed by atoms with Crippen molar-refractivity contribution in [2.75, 3.05) is 18.2 Å². The van der Waals surface area contributed by atoms with Crippen LogP contribution in [-0.4, -0.2) is 17.6 Å². The average molecular weight is 375 g/mol. The lowest BCUT2D eigenvalue weighted by molar-refractivity contribution is -0.118. The fraction of sp³-hybridized carbons (Fsp3) is 0.261. The summed E-state index contributed by atoms with van der Waals surface area (Å²) in [6, 6.07) is 13.3. The summed E-state index contributed by atoms with van der Waals surface area (Å²) in [6.07, 6.45) is 0. The number of benzene rings is 2. The molecule has 2 aromatic carbocycles. The summed E-state index contributed by atoms with van der Waals surface area (Å²) in [4.78, 5) is 11.8. The molecule has 5 nitrogen and oxygen atoms in total. The van der Waals surface area contributed by atoms with Gasteiger partial charge in [-0.25, -0.2) is 0 Å². The van der Waals surface area contributed by atoms with Gasteiger partial charge in [0.1, 0.15) is 11.4 Å². The molecule has 1 amide bonds. The van der Waals surface area contributed by atoms with Gasteiger partial charge in [-0.15, -0.1) is 0 Å². The van der Waals surface area contributed by atoms with E-state index >= 15 is 0 Å². The summed E-state index contributed by atoms with van der Waals surface area (Å²) in [5, 5.41) is 3.85. The summed E-state index contributed by atoms with van der Waals surface area (Å²) in [5.74, 6) is 7.12. The zero-order valence-electron chi connectivity index (χ0n) is 16.7. The Hall–Kier alpha value is -3.39. The highest BCUT2D eigenvalue weighted by molar-refractivity contribution is 5.96. The second-order valence-electron chi connectivity index (χ2n) is 6.86. The standard InChI is InChI=1S/C23H25N3O2/c1-5-26-20(22(24)19-12-11-18(28-4)14-21(19)26)13-8-16-6-9-17(10-7-16)25-23(27)15(2)3/h6-7,9-12,14-15H,5,24H2,1-4H3,(H,25,27). The van der Waals surface area contributed by atoms with E-state index in [0.29, 0.717) is 5.69 Å². The first-order valence-electron chi connectivity index (χ1n) is 9.33. The molecule has 0 aliphatic heterocycles. The number of nitrogen functional groups attached to an aromatic ring is 1. The van der Waals surface area contributed by atoms with Gasteiger partial charge >= 0.3 is 0 Å². The van der Waals surface area contributed by atoms with Gasteiger partial charge < -0.3 is 20.4 Å². The minimum Gasteiger partial charge on any atom is -0.497 e. The molecule has 144 valence electrons. The first-order chi connectivity index (χ1) is 13.4. The number of hydrogen-bond donors (Lipinski definition) is 2. The number of ether oxygens (including phenoxy) is 1. The second-order valence-corrected chi connectivity index (χ2v) is 6.86. The molecule has 0 spiro atoms. The molecule has 0 fully saturated rings. The van der Waals surface area contributed by atoms with Crippen LogP contribution in [0.3, 0.4) is 0 Å². The summed E-state index contributed by atoms with van der Waals surface area (Å²) in [6.45, 7) is 6.55. The van der Waals surface area contributed by atoms with Crippen molar-refractivity contribution in [1.82, 2.24) is 4.57 Å². The minimum atomic E-state index is -0.0583. The van der Waals surface area contributed by atoms with Crippen molar-refractivity contribution in [3.05, 3.63) is 53.7 Å². The molecule has 0 aliphatic rings. The minimum absolute atomic E-state index is 0.00509. The number of hydrogen-bond acceptors (Lipinski definition) is 3. The highest BCUT2D eigenvalue weighted by Gasteiger charge is 2.13. The number of rotatable bonds is 4. The van der Waals surface area contributed by atoms with Gasteiger partial charge in [0.05, 0.1) is 18.3 Å². The number of anilines is 2. The third-order valence-corrected chi connectivity index (χ3v) is 4.63. The number of aromatic nitrogens is 1. The third kappa shape index (κ3) is 3.81. The van der Waals surface area contributed by atoms with E-state index in [2.05, 4.69) is 28.6 Å². The Balaban J connectivity index is 1.92. The molecule has 1 heterocycles. The predicted molar refractivity (Wildman–Crippen MR) is 114 cm³/mol. The van der Waals surface area contributed by atoms with Gasteiger partial charge in [0.15, 0.2) is 0 Å².